The molecular formula is C15H28N2OS. The minimum atomic E-state index is -0.156. The van der Waals surface area contributed by atoms with Gasteiger partial charge in [0.2, 0.25) is 5.91 Å². The van der Waals surface area contributed by atoms with Gasteiger partial charge in [0, 0.05) is 17.8 Å². The van der Waals surface area contributed by atoms with Crippen LogP contribution in [0.25, 0.3) is 0 Å². The SMILES string of the molecule is CCC1(C(=O)NCC2(SC)CCCC2)CCCNC1. The molecule has 1 saturated heterocycles. The summed E-state index contributed by atoms with van der Waals surface area (Å²) in [7, 11) is 0. The number of thioether (sulfide) groups is 1. The van der Waals surface area contributed by atoms with Crippen LogP contribution in [-0.4, -0.2) is 36.5 Å². The van der Waals surface area contributed by atoms with E-state index in [-0.39, 0.29) is 11.3 Å². The lowest BCUT2D eigenvalue weighted by atomic mass is 9.77. The number of nitrogens with one attached hydrogen (secondary N) is 2. The van der Waals surface area contributed by atoms with Gasteiger partial charge in [0.25, 0.3) is 0 Å². The van der Waals surface area contributed by atoms with E-state index in [1.165, 1.54) is 25.7 Å². The molecule has 2 N–H and O–H groups in total. The van der Waals surface area contributed by atoms with Crippen LogP contribution in [-0.2, 0) is 4.79 Å². The van der Waals surface area contributed by atoms with Crippen LogP contribution in [0.2, 0.25) is 0 Å². The van der Waals surface area contributed by atoms with Gasteiger partial charge in [-0.3, -0.25) is 4.79 Å². The number of piperidine rings is 1. The number of hydrogen-bond donors (Lipinski definition) is 2. The molecule has 0 bridgehead atoms. The lowest BCUT2D eigenvalue weighted by Crippen LogP contribution is -2.52. The molecule has 1 saturated carbocycles. The van der Waals surface area contributed by atoms with Crippen molar-refractivity contribution in [2.24, 2.45) is 5.41 Å². The Hall–Kier alpha value is -0.220. The largest absolute Gasteiger partial charge is 0.354 e. The highest BCUT2D eigenvalue weighted by Gasteiger charge is 2.40. The molecular weight excluding hydrogens is 256 g/mol. The van der Waals surface area contributed by atoms with Gasteiger partial charge in [-0.05, 0) is 44.9 Å². The Bertz CT molecular complexity index is 307. The van der Waals surface area contributed by atoms with Crippen molar-refractivity contribution in [2.75, 3.05) is 25.9 Å². The summed E-state index contributed by atoms with van der Waals surface area (Å²) in [4.78, 5) is 12.6. The van der Waals surface area contributed by atoms with Crippen LogP contribution in [0, 0.1) is 5.41 Å². The van der Waals surface area contributed by atoms with Crippen LogP contribution in [0.4, 0.5) is 0 Å². The van der Waals surface area contributed by atoms with Crippen molar-refractivity contribution in [3.05, 3.63) is 0 Å². The number of hydrogen-bond acceptors (Lipinski definition) is 3. The van der Waals surface area contributed by atoms with Gasteiger partial charge in [-0.2, -0.15) is 11.8 Å². The quantitative estimate of drug-likeness (QED) is 0.815. The number of carbonyl (C=O) groups excluding carboxylic acids is 1. The second-order valence-electron chi connectivity index (χ2n) is 6.19. The van der Waals surface area contributed by atoms with Gasteiger partial charge in [0.05, 0.1) is 5.41 Å². The van der Waals surface area contributed by atoms with Gasteiger partial charge in [-0.15, -0.1) is 0 Å². The molecule has 3 nitrogen and oxygen atoms in total. The Morgan fingerprint density at radius 3 is 2.53 bits per heavy atom. The van der Waals surface area contributed by atoms with Gasteiger partial charge in [0.15, 0.2) is 0 Å². The zero-order valence-electron chi connectivity index (χ0n) is 12.4. The van der Waals surface area contributed by atoms with E-state index in [1.54, 1.807) is 0 Å². The molecule has 0 aromatic rings. The predicted molar refractivity (Wildman–Crippen MR) is 82.6 cm³/mol. The first-order valence-electron chi connectivity index (χ1n) is 7.71. The van der Waals surface area contributed by atoms with E-state index in [2.05, 4.69) is 23.8 Å². The molecule has 2 fully saturated rings. The molecule has 1 aliphatic carbocycles. The Labute approximate surface area is 121 Å². The number of carbonyl (C=O) groups is 1. The second-order valence-corrected chi connectivity index (χ2v) is 7.47. The predicted octanol–water partition coefficient (Wildman–Crippen LogP) is 2.56. The Morgan fingerprint density at radius 1 is 1.26 bits per heavy atom. The van der Waals surface area contributed by atoms with Crippen molar-refractivity contribution in [2.45, 2.75) is 56.6 Å². The molecule has 0 radical (unpaired) electrons. The van der Waals surface area contributed by atoms with Crippen molar-refractivity contribution in [3.8, 4) is 0 Å². The van der Waals surface area contributed by atoms with Gasteiger partial charge in [-0.25, -0.2) is 0 Å². The van der Waals surface area contributed by atoms with Crippen LogP contribution in [0.5, 0.6) is 0 Å². The monoisotopic (exact) mass is 284 g/mol. The maximum absolute atomic E-state index is 12.6. The molecule has 1 aliphatic heterocycles. The summed E-state index contributed by atoms with van der Waals surface area (Å²) < 4.78 is 0.312. The molecule has 1 amide bonds. The average molecular weight is 284 g/mol. The van der Waals surface area contributed by atoms with Gasteiger partial charge in [-0.1, -0.05) is 19.8 Å². The van der Waals surface area contributed by atoms with E-state index in [1.807, 2.05) is 11.8 Å². The Morgan fingerprint density at radius 2 is 2.00 bits per heavy atom. The van der Waals surface area contributed by atoms with Crippen molar-refractivity contribution in [3.63, 3.8) is 0 Å². The summed E-state index contributed by atoms with van der Waals surface area (Å²) in [6.07, 6.45) is 10.4. The van der Waals surface area contributed by atoms with E-state index in [0.717, 1.165) is 38.9 Å². The lowest BCUT2D eigenvalue weighted by Gasteiger charge is -2.37. The highest BCUT2D eigenvalue weighted by molar-refractivity contribution is 8.00. The topological polar surface area (TPSA) is 41.1 Å². The van der Waals surface area contributed by atoms with Crippen LogP contribution >= 0.6 is 11.8 Å². The normalized spacial score (nSPS) is 30.2. The fraction of sp³-hybridized carbons (Fsp3) is 0.933. The smallest absolute Gasteiger partial charge is 0.227 e. The molecule has 0 aromatic heterocycles. The second kappa shape index (κ2) is 6.49. The summed E-state index contributed by atoms with van der Waals surface area (Å²) in [6, 6.07) is 0. The highest BCUT2D eigenvalue weighted by Crippen LogP contribution is 2.40. The third kappa shape index (κ3) is 3.27. The van der Waals surface area contributed by atoms with E-state index in [4.69, 9.17) is 0 Å². The molecule has 1 heterocycles. The molecule has 1 atom stereocenters. The first kappa shape index (κ1) is 15.2. The Kier molecular flexibility index (Phi) is 5.18. The van der Waals surface area contributed by atoms with E-state index in [0.29, 0.717) is 4.75 Å². The molecule has 110 valence electrons. The zero-order chi connectivity index (χ0) is 13.8. The maximum Gasteiger partial charge on any atom is 0.227 e. The summed E-state index contributed by atoms with van der Waals surface area (Å²) in [5.41, 5.74) is -0.156. The van der Waals surface area contributed by atoms with Crippen molar-refractivity contribution < 1.29 is 4.79 Å². The number of rotatable bonds is 5. The molecule has 4 heteroatoms. The van der Waals surface area contributed by atoms with Gasteiger partial charge >= 0.3 is 0 Å². The highest BCUT2D eigenvalue weighted by atomic mass is 32.2. The summed E-state index contributed by atoms with van der Waals surface area (Å²) in [5.74, 6) is 0.280. The van der Waals surface area contributed by atoms with E-state index in [9.17, 15) is 4.79 Å². The van der Waals surface area contributed by atoms with Gasteiger partial charge < -0.3 is 10.6 Å². The standard InChI is InChI=1S/C15H28N2OS/c1-3-14(7-6-10-16-11-14)13(18)17-12-15(19-2)8-4-5-9-15/h16H,3-12H2,1-2H3,(H,17,18). The summed E-state index contributed by atoms with van der Waals surface area (Å²) in [6.45, 7) is 4.91. The van der Waals surface area contributed by atoms with Crippen molar-refractivity contribution >= 4 is 17.7 Å². The molecule has 0 spiro atoms. The number of amides is 1. The fourth-order valence-electron chi connectivity index (χ4n) is 3.53. The fourth-order valence-corrected chi connectivity index (χ4v) is 4.44. The first-order chi connectivity index (χ1) is 9.16. The lowest BCUT2D eigenvalue weighted by molar-refractivity contribution is -0.132. The third-order valence-electron chi connectivity index (χ3n) is 5.15. The molecule has 0 aromatic carbocycles. The Balaban J connectivity index is 1.92. The molecule has 2 aliphatic rings. The van der Waals surface area contributed by atoms with Crippen molar-refractivity contribution in [1.82, 2.24) is 10.6 Å². The average Bonchev–Trinajstić information content (AvgIpc) is 2.95. The van der Waals surface area contributed by atoms with Crippen LogP contribution in [0.3, 0.4) is 0 Å². The summed E-state index contributed by atoms with van der Waals surface area (Å²) >= 11 is 1.94. The summed E-state index contributed by atoms with van der Waals surface area (Å²) in [5, 5.41) is 6.67. The zero-order valence-corrected chi connectivity index (χ0v) is 13.2. The minimum Gasteiger partial charge on any atom is -0.354 e. The van der Waals surface area contributed by atoms with Crippen molar-refractivity contribution in [1.29, 1.82) is 0 Å². The van der Waals surface area contributed by atoms with Crippen LogP contribution in [0.15, 0.2) is 0 Å². The van der Waals surface area contributed by atoms with E-state index >= 15 is 0 Å². The molecule has 19 heavy (non-hydrogen) atoms. The molecule has 1 unspecified atom stereocenters. The van der Waals surface area contributed by atoms with Crippen LogP contribution in [0.1, 0.15) is 51.9 Å². The van der Waals surface area contributed by atoms with Gasteiger partial charge in [0.1, 0.15) is 0 Å². The minimum absolute atomic E-state index is 0.156. The first-order valence-corrected chi connectivity index (χ1v) is 8.93. The molecule has 2 rings (SSSR count). The maximum atomic E-state index is 12.6. The van der Waals surface area contributed by atoms with Crippen LogP contribution < -0.4 is 10.6 Å². The third-order valence-corrected chi connectivity index (χ3v) is 6.57. The van der Waals surface area contributed by atoms with E-state index < -0.39 is 0 Å².